The summed E-state index contributed by atoms with van der Waals surface area (Å²) in [7, 11) is 0. The van der Waals surface area contributed by atoms with Crippen LogP contribution < -0.4 is 10.6 Å². The molecule has 2 aliphatic rings. The first kappa shape index (κ1) is 5.65. The van der Waals surface area contributed by atoms with E-state index in [0.717, 1.165) is 19.6 Å². The van der Waals surface area contributed by atoms with Gasteiger partial charge >= 0.3 is 0 Å². The molecule has 2 fully saturated rings. The summed E-state index contributed by atoms with van der Waals surface area (Å²) >= 11 is 0. The van der Waals surface area contributed by atoms with Gasteiger partial charge in [0.25, 0.3) is 0 Å². The quantitative estimate of drug-likeness (QED) is 0.373. The van der Waals surface area contributed by atoms with Crippen LogP contribution in [-0.2, 0) is 0 Å². The summed E-state index contributed by atoms with van der Waals surface area (Å²) in [6, 6.07) is 0.323. The van der Waals surface area contributed by atoms with Gasteiger partial charge in [-0.25, -0.2) is 0 Å². The Morgan fingerprint density at radius 3 is 2.78 bits per heavy atom. The lowest BCUT2D eigenvalue weighted by Crippen LogP contribution is -2.47. The van der Waals surface area contributed by atoms with E-state index in [1.54, 1.807) is 0 Å². The number of hydrogen-bond donors (Lipinski definition) is 3. The van der Waals surface area contributed by atoms with Gasteiger partial charge in [0.15, 0.2) is 0 Å². The van der Waals surface area contributed by atoms with Crippen molar-refractivity contribution in [2.75, 3.05) is 19.6 Å². The van der Waals surface area contributed by atoms with E-state index in [-0.39, 0.29) is 6.10 Å². The number of nitrogens with one attached hydrogen (secondary N) is 2. The largest absolute Gasteiger partial charge is 0.391 e. The lowest BCUT2D eigenvalue weighted by molar-refractivity contribution is 0.0973. The zero-order valence-electron chi connectivity index (χ0n) is 5.30. The van der Waals surface area contributed by atoms with Crippen LogP contribution in [0.3, 0.4) is 0 Å². The molecule has 0 radical (unpaired) electrons. The second-order valence-electron chi connectivity index (χ2n) is 2.92. The maximum Gasteiger partial charge on any atom is 0.0757 e. The lowest BCUT2D eigenvalue weighted by atomic mass is 9.98. The van der Waals surface area contributed by atoms with E-state index in [2.05, 4.69) is 10.6 Å². The first-order chi connectivity index (χ1) is 4.38. The van der Waals surface area contributed by atoms with Crippen LogP contribution >= 0.6 is 0 Å². The minimum absolute atomic E-state index is 0.0914. The second kappa shape index (κ2) is 1.94. The molecule has 3 nitrogen and oxygen atoms in total. The fourth-order valence-electron chi connectivity index (χ4n) is 1.68. The predicted octanol–water partition coefficient (Wildman–Crippen LogP) is -1.46. The van der Waals surface area contributed by atoms with Gasteiger partial charge in [-0.15, -0.1) is 0 Å². The molecular formula is C6H12N2O. The Labute approximate surface area is 54.4 Å². The number of hydrogen-bond acceptors (Lipinski definition) is 3. The molecule has 0 aromatic rings. The van der Waals surface area contributed by atoms with Crippen LogP contribution in [0.4, 0.5) is 0 Å². The summed E-state index contributed by atoms with van der Waals surface area (Å²) in [6.45, 7) is 2.89. The van der Waals surface area contributed by atoms with Gasteiger partial charge < -0.3 is 15.7 Å². The monoisotopic (exact) mass is 128 g/mol. The normalized spacial score (nSPS) is 49.7. The van der Waals surface area contributed by atoms with Crippen molar-refractivity contribution in [3.63, 3.8) is 0 Å². The first-order valence-corrected chi connectivity index (χ1v) is 3.50. The Morgan fingerprint density at radius 2 is 2.11 bits per heavy atom. The highest BCUT2D eigenvalue weighted by atomic mass is 16.3. The van der Waals surface area contributed by atoms with E-state index in [0.29, 0.717) is 12.0 Å². The third-order valence-corrected chi connectivity index (χ3v) is 2.31. The molecular weight excluding hydrogens is 116 g/mol. The summed E-state index contributed by atoms with van der Waals surface area (Å²) in [4.78, 5) is 0. The molecule has 2 heterocycles. The Bertz CT molecular complexity index is 102. The fraction of sp³-hybridized carbons (Fsp3) is 1.00. The molecule has 3 N–H and O–H groups in total. The van der Waals surface area contributed by atoms with Gasteiger partial charge in [-0.2, -0.15) is 0 Å². The highest BCUT2D eigenvalue weighted by Gasteiger charge is 2.36. The molecule has 0 amide bonds. The predicted molar refractivity (Wildman–Crippen MR) is 34.2 cm³/mol. The Morgan fingerprint density at radius 1 is 1.22 bits per heavy atom. The minimum Gasteiger partial charge on any atom is -0.391 e. The SMILES string of the molecule is OC1C2CNCC1NC2. The average Bonchev–Trinajstić information content (AvgIpc) is 2.19. The Hall–Kier alpha value is -0.120. The molecule has 2 saturated heterocycles. The zero-order chi connectivity index (χ0) is 6.27. The van der Waals surface area contributed by atoms with Gasteiger partial charge in [-0.3, -0.25) is 0 Å². The molecule has 0 spiro atoms. The Kier molecular flexibility index (Phi) is 1.22. The molecule has 0 aromatic carbocycles. The summed E-state index contributed by atoms with van der Waals surface area (Å²) in [6.07, 6.45) is -0.0914. The second-order valence-corrected chi connectivity index (χ2v) is 2.92. The molecule has 2 bridgehead atoms. The minimum atomic E-state index is -0.0914. The molecule has 2 rings (SSSR count). The van der Waals surface area contributed by atoms with Gasteiger partial charge in [0.2, 0.25) is 0 Å². The molecule has 0 aliphatic carbocycles. The van der Waals surface area contributed by atoms with Crippen LogP contribution in [0.5, 0.6) is 0 Å². The van der Waals surface area contributed by atoms with Crippen molar-refractivity contribution in [3.05, 3.63) is 0 Å². The highest BCUT2D eigenvalue weighted by molar-refractivity contribution is 4.96. The molecule has 9 heavy (non-hydrogen) atoms. The van der Waals surface area contributed by atoms with Crippen molar-refractivity contribution in [3.8, 4) is 0 Å². The number of aliphatic hydroxyl groups is 1. The van der Waals surface area contributed by atoms with E-state index in [1.807, 2.05) is 0 Å². The van der Waals surface area contributed by atoms with Crippen LogP contribution in [-0.4, -0.2) is 36.9 Å². The fourth-order valence-corrected chi connectivity index (χ4v) is 1.68. The van der Waals surface area contributed by atoms with Gasteiger partial charge in [0, 0.05) is 31.6 Å². The Balaban J connectivity index is 2.10. The molecule has 2 aliphatic heterocycles. The van der Waals surface area contributed by atoms with Crippen LogP contribution in [0.2, 0.25) is 0 Å². The maximum atomic E-state index is 9.41. The zero-order valence-corrected chi connectivity index (χ0v) is 5.30. The van der Waals surface area contributed by atoms with Gasteiger partial charge in [0.05, 0.1) is 6.10 Å². The first-order valence-electron chi connectivity index (χ1n) is 3.50. The van der Waals surface area contributed by atoms with Crippen molar-refractivity contribution in [1.82, 2.24) is 10.6 Å². The van der Waals surface area contributed by atoms with Crippen LogP contribution in [0.1, 0.15) is 0 Å². The van der Waals surface area contributed by atoms with Gasteiger partial charge in [-0.05, 0) is 0 Å². The van der Waals surface area contributed by atoms with Gasteiger partial charge in [-0.1, -0.05) is 0 Å². The summed E-state index contributed by atoms with van der Waals surface area (Å²) < 4.78 is 0. The molecule has 3 unspecified atom stereocenters. The third-order valence-electron chi connectivity index (χ3n) is 2.31. The average molecular weight is 128 g/mol. The van der Waals surface area contributed by atoms with E-state index in [1.165, 1.54) is 0 Å². The van der Waals surface area contributed by atoms with Crippen molar-refractivity contribution in [2.24, 2.45) is 5.92 Å². The number of aliphatic hydroxyl groups excluding tert-OH is 1. The van der Waals surface area contributed by atoms with Gasteiger partial charge in [0.1, 0.15) is 0 Å². The summed E-state index contributed by atoms with van der Waals surface area (Å²) in [5.41, 5.74) is 0. The summed E-state index contributed by atoms with van der Waals surface area (Å²) in [5.74, 6) is 0.462. The van der Waals surface area contributed by atoms with Crippen LogP contribution in [0, 0.1) is 5.92 Å². The molecule has 52 valence electrons. The van der Waals surface area contributed by atoms with Crippen molar-refractivity contribution >= 4 is 0 Å². The molecule has 3 heteroatoms. The molecule has 3 atom stereocenters. The highest BCUT2D eigenvalue weighted by Crippen LogP contribution is 2.16. The van der Waals surface area contributed by atoms with E-state index >= 15 is 0 Å². The molecule has 0 saturated carbocycles. The smallest absolute Gasteiger partial charge is 0.0757 e. The number of piperidine rings is 1. The van der Waals surface area contributed by atoms with E-state index in [4.69, 9.17) is 0 Å². The maximum absolute atomic E-state index is 9.41. The summed E-state index contributed by atoms with van der Waals surface area (Å²) in [5, 5.41) is 15.9. The van der Waals surface area contributed by atoms with Crippen molar-refractivity contribution in [2.45, 2.75) is 12.1 Å². The van der Waals surface area contributed by atoms with Crippen LogP contribution in [0.25, 0.3) is 0 Å². The topological polar surface area (TPSA) is 44.3 Å². The van der Waals surface area contributed by atoms with Crippen molar-refractivity contribution in [1.29, 1.82) is 0 Å². The van der Waals surface area contributed by atoms with Crippen LogP contribution in [0.15, 0.2) is 0 Å². The standard InChI is InChI=1S/C6H12N2O/c9-6-4-1-7-3-5(6)8-2-4/h4-9H,1-3H2. The third kappa shape index (κ3) is 0.764. The van der Waals surface area contributed by atoms with E-state index < -0.39 is 0 Å². The number of fused-ring (bicyclic) bond motifs is 2. The van der Waals surface area contributed by atoms with Crippen molar-refractivity contribution < 1.29 is 5.11 Å². The molecule has 0 aromatic heterocycles. The number of rotatable bonds is 0. The van der Waals surface area contributed by atoms with E-state index in [9.17, 15) is 5.11 Å². The lowest BCUT2D eigenvalue weighted by Gasteiger charge is -2.24.